The van der Waals surface area contributed by atoms with Crippen LogP contribution in [0.5, 0.6) is 0 Å². The Morgan fingerprint density at radius 3 is 2.20 bits per heavy atom. The summed E-state index contributed by atoms with van der Waals surface area (Å²) in [6.45, 7) is 1.16. The average Bonchev–Trinajstić information content (AvgIpc) is 2.67. The predicted octanol–water partition coefficient (Wildman–Crippen LogP) is 1.39. The van der Waals surface area contributed by atoms with E-state index in [0.717, 1.165) is 6.92 Å². The van der Waals surface area contributed by atoms with Crippen molar-refractivity contribution < 1.29 is 21.6 Å². The highest BCUT2D eigenvalue weighted by Crippen LogP contribution is 2.30. The molecule has 0 atom stereocenters. The number of carbonyl (C=O) groups is 1. The zero-order valence-corrected chi connectivity index (χ0v) is 12.8. The van der Waals surface area contributed by atoms with Gasteiger partial charge in [0.15, 0.2) is 15.6 Å². The molecule has 0 amide bonds. The maximum Gasteiger partial charge on any atom is 0.204 e. The molecule has 1 aliphatic rings. The summed E-state index contributed by atoms with van der Waals surface area (Å²) in [5, 5.41) is 0.365. The van der Waals surface area contributed by atoms with Crippen molar-refractivity contribution in [3.8, 4) is 0 Å². The minimum absolute atomic E-state index is 0.0762. The van der Waals surface area contributed by atoms with Gasteiger partial charge in [-0.15, -0.1) is 0 Å². The molecule has 0 saturated heterocycles. The van der Waals surface area contributed by atoms with Gasteiger partial charge in [-0.05, 0) is 31.2 Å². The average molecular weight is 335 g/mol. The molecule has 0 N–H and O–H groups in total. The molecule has 0 radical (unpaired) electrons. The molecule has 8 heteroatoms. The van der Waals surface area contributed by atoms with Crippen LogP contribution in [-0.2, 0) is 24.5 Å². The zero-order chi connectivity index (χ0) is 15.1. The Morgan fingerprint density at radius 2 is 1.70 bits per heavy atom. The lowest BCUT2D eigenvalue weighted by Crippen LogP contribution is -2.11. The van der Waals surface area contributed by atoms with E-state index >= 15 is 0 Å². The Kier molecular flexibility index (Phi) is 3.79. The largest absolute Gasteiger partial charge is 0.295 e. The third-order valence-corrected chi connectivity index (χ3v) is 6.75. The van der Waals surface area contributed by atoms with E-state index in [9.17, 15) is 21.6 Å². The third kappa shape index (κ3) is 2.79. The molecule has 1 aromatic rings. The van der Waals surface area contributed by atoms with Gasteiger partial charge in [0.2, 0.25) is 9.84 Å². The van der Waals surface area contributed by atoms with Gasteiger partial charge < -0.3 is 0 Å². The number of benzene rings is 1. The molecule has 1 aliphatic heterocycles. The van der Waals surface area contributed by atoms with E-state index in [4.69, 9.17) is 11.6 Å². The molecule has 0 unspecified atom stereocenters. The van der Waals surface area contributed by atoms with E-state index in [2.05, 4.69) is 0 Å². The van der Waals surface area contributed by atoms with E-state index < -0.39 is 37.0 Å². The molecule has 0 fully saturated rings. The fourth-order valence-corrected chi connectivity index (χ4v) is 6.12. The van der Waals surface area contributed by atoms with Gasteiger partial charge in [0, 0.05) is 10.6 Å². The van der Waals surface area contributed by atoms with Crippen LogP contribution < -0.4 is 0 Å². The first-order valence-corrected chi connectivity index (χ1v) is 9.26. The van der Waals surface area contributed by atoms with Crippen LogP contribution in [-0.4, -0.2) is 34.1 Å². The van der Waals surface area contributed by atoms with E-state index in [1.54, 1.807) is 0 Å². The summed E-state index contributed by atoms with van der Waals surface area (Å²) in [7, 11) is -7.59. The smallest absolute Gasteiger partial charge is 0.204 e. The third-order valence-electron chi connectivity index (χ3n) is 2.93. The Morgan fingerprint density at radius 1 is 1.15 bits per heavy atom. The first-order chi connectivity index (χ1) is 9.13. The van der Waals surface area contributed by atoms with Gasteiger partial charge in [-0.2, -0.15) is 0 Å². The highest BCUT2D eigenvalue weighted by molar-refractivity contribution is 7.99. The maximum absolute atomic E-state index is 12.4. The van der Waals surface area contributed by atoms with Crippen molar-refractivity contribution in [3.63, 3.8) is 0 Å². The Labute approximate surface area is 122 Å². The highest BCUT2D eigenvalue weighted by Gasteiger charge is 2.37. The van der Waals surface area contributed by atoms with Gasteiger partial charge in [0.1, 0.15) is 0 Å². The van der Waals surface area contributed by atoms with Crippen molar-refractivity contribution in [2.75, 3.05) is 11.5 Å². The molecule has 0 bridgehead atoms. The number of carbonyl (C=O) groups excluding carboxylic acids is 1. The molecule has 5 nitrogen and oxygen atoms in total. The number of sulfone groups is 2. The van der Waals surface area contributed by atoms with Crippen molar-refractivity contribution in [3.05, 3.63) is 39.8 Å². The summed E-state index contributed by atoms with van der Waals surface area (Å²) in [6.07, 6.45) is 0. The molecule has 0 aliphatic carbocycles. The van der Waals surface area contributed by atoms with Crippen molar-refractivity contribution in [1.82, 2.24) is 0 Å². The number of Topliss-reactive ketones (excluding diaryl/α,β-unsaturated/α-hetero) is 1. The van der Waals surface area contributed by atoms with Gasteiger partial charge in [0.25, 0.3) is 0 Å². The van der Waals surface area contributed by atoms with Crippen LogP contribution in [0.4, 0.5) is 0 Å². The van der Waals surface area contributed by atoms with Crippen molar-refractivity contribution >= 4 is 37.1 Å². The second-order valence-corrected chi connectivity index (χ2v) is 8.92. The van der Waals surface area contributed by atoms with E-state index in [1.165, 1.54) is 24.3 Å². The van der Waals surface area contributed by atoms with Crippen LogP contribution in [0.25, 0.3) is 0 Å². The quantitative estimate of drug-likeness (QED) is 0.833. The summed E-state index contributed by atoms with van der Waals surface area (Å²) in [4.78, 5) is 11.1. The van der Waals surface area contributed by atoms with Crippen LogP contribution in [0.2, 0.25) is 5.02 Å². The monoisotopic (exact) mass is 334 g/mol. The topological polar surface area (TPSA) is 85.3 Å². The van der Waals surface area contributed by atoms with Crippen LogP contribution >= 0.6 is 11.6 Å². The molecule has 0 saturated carbocycles. The number of hydrogen-bond donors (Lipinski definition) is 0. The lowest BCUT2D eigenvalue weighted by atomic mass is 10.2. The highest BCUT2D eigenvalue weighted by atomic mass is 35.5. The molecular formula is C12H11ClO5S2. The minimum Gasteiger partial charge on any atom is -0.295 e. The van der Waals surface area contributed by atoms with Gasteiger partial charge in [0.05, 0.1) is 21.3 Å². The van der Waals surface area contributed by atoms with Crippen LogP contribution in [0.15, 0.2) is 39.6 Å². The first kappa shape index (κ1) is 15.2. The number of hydrogen-bond acceptors (Lipinski definition) is 5. The fraction of sp³-hybridized carbons (Fsp3) is 0.250. The molecule has 2 rings (SSSR count). The van der Waals surface area contributed by atoms with Crippen molar-refractivity contribution in [1.29, 1.82) is 0 Å². The lowest BCUT2D eigenvalue weighted by Gasteiger charge is -2.06. The standard InChI is InChI=1S/C12H11ClO5S2/c1-8(14)11-6-19(15,16)7-12(11)20(17,18)10-4-2-9(13)3-5-10/h2-5H,6-7H2,1H3. The molecule has 0 spiro atoms. The zero-order valence-electron chi connectivity index (χ0n) is 10.5. The fourth-order valence-electron chi connectivity index (χ4n) is 1.93. The van der Waals surface area contributed by atoms with Gasteiger partial charge in [-0.1, -0.05) is 11.6 Å². The molecule has 20 heavy (non-hydrogen) atoms. The molecule has 1 aromatic carbocycles. The summed E-state index contributed by atoms with van der Waals surface area (Å²) >= 11 is 5.69. The lowest BCUT2D eigenvalue weighted by molar-refractivity contribution is -0.113. The van der Waals surface area contributed by atoms with Gasteiger partial charge >= 0.3 is 0 Å². The summed E-state index contributed by atoms with van der Waals surface area (Å²) in [6, 6.07) is 5.36. The first-order valence-electron chi connectivity index (χ1n) is 5.57. The summed E-state index contributed by atoms with van der Waals surface area (Å²) in [5.41, 5.74) is -0.153. The second-order valence-electron chi connectivity index (χ2n) is 4.45. The van der Waals surface area contributed by atoms with Crippen LogP contribution in [0.3, 0.4) is 0 Å². The van der Waals surface area contributed by atoms with Gasteiger partial charge in [-0.25, -0.2) is 16.8 Å². The summed E-state index contributed by atoms with van der Waals surface area (Å²) < 4.78 is 48.1. The van der Waals surface area contributed by atoms with Gasteiger partial charge in [-0.3, -0.25) is 4.79 Å². The van der Waals surface area contributed by atoms with Crippen LogP contribution in [0, 0.1) is 0 Å². The van der Waals surface area contributed by atoms with E-state index in [1.807, 2.05) is 0 Å². The SMILES string of the molecule is CC(=O)C1=C(S(=O)(=O)c2ccc(Cl)cc2)CS(=O)(=O)C1. The maximum atomic E-state index is 12.4. The molecule has 108 valence electrons. The number of ketones is 1. The van der Waals surface area contributed by atoms with Crippen LogP contribution in [0.1, 0.15) is 6.92 Å². The molecule has 0 aromatic heterocycles. The Bertz CT molecular complexity index is 802. The van der Waals surface area contributed by atoms with E-state index in [-0.39, 0.29) is 15.4 Å². The van der Waals surface area contributed by atoms with Crippen molar-refractivity contribution in [2.45, 2.75) is 11.8 Å². The predicted molar refractivity (Wildman–Crippen MR) is 75.0 cm³/mol. The number of rotatable bonds is 3. The number of halogens is 1. The van der Waals surface area contributed by atoms with E-state index in [0.29, 0.717) is 5.02 Å². The van der Waals surface area contributed by atoms with Crippen molar-refractivity contribution in [2.24, 2.45) is 0 Å². The molecule has 1 heterocycles. The molecular weight excluding hydrogens is 324 g/mol. The summed E-state index contributed by atoms with van der Waals surface area (Å²) in [5.74, 6) is -1.70. The second kappa shape index (κ2) is 4.98. The Hall–Kier alpha value is -1.18. The Balaban J connectivity index is 2.61. The minimum atomic E-state index is -4.00. The normalized spacial score (nSPS) is 18.3.